The highest BCUT2D eigenvalue weighted by molar-refractivity contribution is 5.77. The summed E-state index contributed by atoms with van der Waals surface area (Å²) < 4.78 is 9.57. The SMILES string of the molecule is COc1cc(C#N)c(NC(C)C)c(C#N)c1OC(=O)O. The first kappa shape index (κ1) is 15.1. The number of hydrogen-bond donors (Lipinski definition) is 2. The Bertz CT molecular complexity index is 612. The van der Waals surface area contributed by atoms with Crippen LogP contribution in [0.25, 0.3) is 0 Å². The molecule has 0 heterocycles. The molecule has 0 unspecified atom stereocenters. The molecule has 7 heteroatoms. The van der Waals surface area contributed by atoms with Crippen LogP contribution in [-0.4, -0.2) is 24.4 Å². The van der Waals surface area contributed by atoms with Gasteiger partial charge in [-0.25, -0.2) is 4.79 Å². The second kappa shape index (κ2) is 6.30. The zero-order valence-electron chi connectivity index (χ0n) is 11.2. The van der Waals surface area contributed by atoms with Crippen LogP contribution < -0.4 is 14.8 Å². The van der Waals surface area contributed by atoms with Gasteiger partial charge < -0.3 is 19.9 Å². The van der Waals surface area contributed by atoms with Crippen molar-refractivity contribution in [1.29, 1.82) is 10.5 Å². The highest BCUT2D eigenvalue weighted by Crippen LogP contribution is 2.38. The van der Waals surface area contributed by atoms with Crippen molar-refractivity contribution in [2.45, 2.75) is 19.9 Å². The first-order valence-electron chi connectivity index (χ1n) is 5.67. The average molecular weight is 275 g/mol. The van der Waals surface area contributed by atoms with Gasteiger partial charge in [-0.05, 0) is 13.8 Å². The van der Waals surface area contributed by atoms with Gasteiger partial charge >= 0.3 is 6.16 Å². The first-order chi connectivity index (χ1) is 9.44. The second-order valence-electron chi connectivity index (χ2n) is 4.10. The number of methoxy groups -OCH3 is 1. The fourth-order valence-electron chi connectivity index (χ4n) is 1.61. The maximum Gasteiger partial charge on any atom is 0.511 e. The molecule has 0 aliphatic rings. The summed E-state index contributed by atoms with van der Waals surface area (Å²) in [7, 11) is 1.29. The van der Waals surface area contributed by atoms with Crippen molar-refractivity contribution >= 4 is 11.8 Å². The Labute approximate surface area is 116 Å². The van der Waals surface area contributed by atoms with Crippen LogP contribution in [-0.2, 0) is 0 Å². The Morgan fingerprint density at radius 1 is 1.40 bits per heavy atom. The number of rotatable bonds is 4. The summed E-state index contributed by atoms with van der Waals surface area (Å²) in [5.41, 5.74) is 0.309. The van der Waals surface area contributed by atoms with Gasteiger partial charge in [0, 0.05) is 12.1 Å². The molecule has 2 N–H and O–H groups in total. The number of hydrogen-bond acceptors (Lipinski definition) is 6. The maximum atomic E-state index is 10.7. The monoisotopic (exact) mass is 275 g/mol. The van der Waals surface area contributed by atoms with E-state index < -0.39 is 6.16 Å². The third-order valence-electron chi connectivity index (χ3n) is 2.32. The standard InChI is InChI=1S/C13H13N3O4/c1-7(2)16-11-8(5-14)4-10(19-3)12(9(11)6-15)20-13(17)18/h4,7,16H,1-3H3,(H,17,18). The number of ether oxygens (including phenoxy) is 2. The van der Waals surface area contributed by atoms with E-state index in [0.717, 1.165) is 0 Å². The molecule has 0 amide bonds. The lowest BCUT2D eigenvalue weighted by molar-refractivity contribution is 0.142. The summed E-state index contributed by atoms with van der Waals surface area (Å²) >= 11 is 0. The molecule has 0 aliphatic heterocycles. The molecule has 0 aliphatic carbocycles. The number of nitrogens with one attached hydrogen (secondary N) is 1. The predicted octanol–water partition coefficient (Wildman–Crippen LogP) is 2.32. The summed E-state index contributed by atoms with van der Waals surface area (Å²) in [6, 6.07) is 5.04. The minimum absolute atomic E-state index is 0.00908. The zero-order valence-corrected chi connectivity index (χ0v) is 11.2. The molecule has 20 heavy (non-hydrogen) atoms. The lowest BCUT2D eigenvalue weighted by atomic mass is 10.1. The largest absolute Gasteiger partial charge is 0.511 e. The van der Waals surface area contributed by atoms with E-state index in [4.69, 9.17) is 15.1 Å². The van der Waals surface area contributed by atoms with Crippen LogP contribution in [0.5, 0.6) is 11.5 Å². The number of carboxylic acid groups (broad SMARTS) is 1. The Morgan fingerprint density at radius 2 is 2.05 bits per heavy atom. The number of nitriles is 2. The topological polar surface area (TPSA) is 115 Å². The van der Waals surface area contributed by atoms with Crippen LogP contribution in [0.4, 0.5) is 10.5 Å². The third-order valence-corrected chi connectivity index (χ3v) is 2.32. The summed E-state index contributed by atoms with van der Waals surface area (Å²) in [5, 5.41) is 30.0. The molecule has 7 nitrogen and oxygen atoms in total. The molecule has 0 fully saturated rings. The van der Waals surface area contributed by atoms with E-state index in [-0.39, 0.29) is 34.4 Å². The molecular weight excluding hydrogens is 262 g/mol. The molecule has 0 aromatic heterocycles. The summed E-state index contributed by atoms with van der Waals surface area (Å²) in [6.07, 6.45) is -1.57. The Balaban J connectivity index is 3.61. The van der Waals surface area contributed by atoms with Gasteiger partial charge in [0.05, 0.1) is 18.4 Å². The van der Waals surface area contributed by atoms with E-state index in [1.54, 1.807) is 0 Å². The fourth-order valence-corrected chi connectivity index (χ4v) is 1.61. The highest BCUT2D eigenvalue weighted by atomic mass is 16.7. The number of nitrogens with zero attached hydrogens (tertiary/aromatic N) is 2. The molecule has 0 saturated heterocycles. The summed E-state index contributed by atoms with van der Waals surface area (Å²) in [4.78, 5) is 10.7. The van der Waals surface area contributed by atoms with E-state index in [2.05, 4.69) is 10.1 Å². The van der Waals surface area contributed by atoms with Gasteiger partial charge in [0.2, 0.25) is 0 Å². The van der Waals surface area contributed by atoms with Crippen molar-refractivity contribution in [3.63, 3.8) is 0 Å². The van der Waals surface area contributed by atoms with Crippen LogP contribution in [0, 0.1) is 22.7 Å². The predicted molar refractivity (Wildman–Crippen MR) is 69.8 cm³/mol. The lowest BCUT2D eigenvalue weighted by Gasteiger charge is -2.17. The molecule has 104 valence electrons. The van der Waals surface area contributed by atoms with Gasteiger partial charge in [-0.15, -0.1) is 0 Å². The van der Waals surface area contributed by atoms with Crippen LogP contribution in [0.2, 0.25) is 0 Å². The van der Waals surface area contributed by atoms with Crippen molar-refractivity contribution in [2.24, 2.45) is 0 Å². The molecule has 1 aromatic rings. The Morgan fingerprint density at radius 3 is 2.45 bits per heavy atom. The average Bonchev–Trinajstić information content (AvgIpc) is 2.38. The van der Waals surface area contributed by atoms with E-state index in [0.29, 0.717) is 0 Å². The van der Waals surface area contributed by atoms with Crippen molar-refractivity contribution in [3.05, 3.63) is 17.2 Å². The molecular formula is C13H13N3O4. The van der Waals surface area contributed by atoms with Crippen LogP contribution >= 0.6 is 0 Å². The van der Waals surface area contributed by atoms with E-state index in [1.807, 2.05) is 26.0 Å². The van der Waals surface area contributed by atoms with Crippen molar-refractivity contribution in [1.82, 2.24) is 0 Å². The van der Waals surface area contributed by atoms with Crippen molar-refractivity contribution in [2.75, 3.05) is 12.4 Å². The van der Waals surface area contributed by atoms with Crippen molar-refractivity contribution < 1.29 is 19.4 Å². The van der Waals surface area contributed by atoms with Crippen LogP contribution in [0.1, 0.15) is 25.0 Å². The van der Waals surface area contributed by atoms with E-state index in [9.17, 15) is 10.1 Å². The van der Waals surface area contributed by atoms with Gasteiger partial charge in [-0.1, -0.05) is 0 Å². The first-order valence-corrected chi connectivity index (χ1v) is 5.67. The Hall–Kier alpha value is -2.93. The second-order valence-corrected chi connectivity index (χ2v) is 4.10. The molecule has 0 spiro atoms. The number of benzene rings is 1. The van der Waals surface area contributed by atoms with Gasteiger partial charge in [0.25, 0.3) is 0 Å². The molecule has 0 bridgehead atoms. The lowest BCUT2D eigenvalue weighted by Crippen LogP contribution is -2.14. The molecule has 0 radical (unpaired) electrons. The summed E-state index contributed by atoms with van der Waals surface area (Å²) in [5.74, 6) is -0.223. The fraction of sp³-hybridized carbons (Fsp3) is 0.308. The minimum Gasteiger partial charge on any atom is -0.493 e. The normalized spacial score (nSPS) is 9.50. The van der Waals surface area contributed by atoms with E-state index in [1.165, 1.54) is 13.2 Å². The summed E-state index contributed by atoms with van der Waals surface area (Å²) in [6.45, 7) is 3.65. The smallest absolute Gasteiger partial charge is 0.493 e. The number of anilines is 1. The highest BCUT2D eigenvalue weighted by Gasteiger charge is 2.22. The number of carbonyl (C=O) groups is 1. The van der Waals surface area contributed by atoms with Crippen molar-refractivity contribution in [3.8, 4) is 23.6 Å². The minimum atomic E-state index is -1.57. The van der Waals surface area contributed by atoms with Gasteiger partial charge in [-0.2, -0.15) is 10.5 Å². The molecule has 1 aromatic carbocycles. The molecule has 1 rings (SSSR count). The maximum absolute atomic E-state index is 10.7. The van der Waals surface area contributed by atoms with Gasteiger partial charge in [0.1, 0.15) is 17.7 Å². The van der Waals surface area contributed by atoms with Gasteiger partial charge in [-0.3, -0.25) is 0 Å². The van der Waals surface area contributed by atoms with Crippen LogP contribution in [0.3, 0.4) is 0 Å². The molecule has 0 atom stereocenters. The quantitative estimate of drug-likeness (QED) is 0.639. The molecule has 0 saturated carbocycles. The van der Waals surface area contributed by atoms with E-state index >= 15 is 0 Å². The third kappa shape index (κ3) is 3.09. The van der Waals surface area contributed by atoms with Gasteiger partial charge in [0.15, 0.2) is 11.5 Å². The zero-order chi connectivity index (χ0) is 15.3. The Kier molecular flexibility index (Phi) is 4.76. The van der Waals surface area contributed by atoms with Crippen LogP contribution in [0.15, 0.2) is 6.07 Å².